The smallest absolute Gasteiger partial charge is 0.0930 e. The van der Waals surface area contributed by atoms with Crippen molar-refractivity contribution in [3.8, 4) is 22.5 Å². The number of aromatic amines is 1. The van der Waals surface area contributed by atoms with E-state index < -0.39 is 0 Å². The van der Waals surface area contributed by atoms with Crippen molar-refractivity contribution in [1.29, 1.82) is 0 Å². The predicted molar refractivity (Wildman–Crippen MR) is 101 cm³/mol. The Morgan fingerprint density at radius 3 is 2.28 bits per heavy atom. The number of aromatic nitrogens is 4. The van der Waals surface area contributed by atoms with Crippen LogP contribution < -0.4 is 0 Å². The largest absolute Gasteiger partial charge is 0.277 e. The minimum atomic E-state index is 0.138. The molecule has 0 bridgehead atoms. The van der Waals surface area contributed by atoms with Crippen molar-refractivity contribution in [1.82, 2.24) is 20.2 Å². The van der Waals surface area contributed by atoms with Gasteiger partial charge in [-0.05, 0) is 23.1 Å². The summed E-state index contributed by atoms with van der Waals surface area (Å²) in [6.07, 6.45) is 3.62. The second kappa shape index (κ2) is 5.81. The first-order chi connectivity index (χ1) is 12.0. The molecule has 2 aromatic carbocycles. The Hall–Kier alpha value is -3.01. The number of nitrogens with one attached hydrogen (secondary N) is 1. The zero-order chi connectivity index (χ0) is 17.4. The first kappa shape index (κ1) is 15.5. The summed E-state index contributed by atoms with van der Waals surface area (Å²) in [6.45, 7) is 6.65. The highest BCUT2D eigenvalue weighted by Crippen LogP contribution is 2.31. The van der Waals surface area contributed by atoms with Gasteiger partial charge >= 0.3 is 0 Å². The molecule has 4 nitrogen and oxygen atoms in total. The van der Waals surface area contributed by atoms with Crippen LogP contribution in [0.15, 0.2) is 60.9 Å². The molecule has 0 saturated carbocycles. The Morgan fingerprint density at radius 1 is 0.840 bits per heavy atom. The third-order valence-corrected chi connectivity index (χ3v) is 4.40. The lowest BCUT2D eigenvalue weighted by Gasteiger charge is -2.19. The highest BCUT2D eigenvalue weighted by atomic mass is 15.1. The SMILES string of the molecule is CC(C)(C)c1ccc(-c2[nH]ncc2-c2cnc3ccccc3n2)cc1. The van der Waals surface area contributed by atoms with Crippen molar-refractivity contribution in [3.63, 3.8) is 0 Å². The predicted octanol–water partition coefficient (Wildman–Crippen LogP) is 4.98. The number of rotatable bonds is 2. The molecule has 0 aliphatic carbocycles. The lowest BCUT2D eigenvalue weighted by atomic mass is 9.86. The van der Waals surface area contributed by atoms with Gasteiger partial charge in [-0.3, -0.25) is 10.1 Å². The van der Waals surface area contributed by atoms with Crippen LogP contribution >= 0.6 is 0 Å². The second-order valence-corrected chi connectivity index (χ2v) is 7.23. The van der Waals surface area contributed by atoms with E-state index >= 15 is 0 Å². The Balaban J connectivity index is 1.77. The highest BCUT2D eigenvalue weighted by Gasteiger charge is 2.15. The molecule has 0 saturated heterocycles. The van der Waals surface area contributed by atoms with Gasteiger partial charge in [-0.1, -0.05) is 57.2 Å². The third-order valence-electron chi connectivity index (χ3n) is 4.40. The van der Waals surface area contributed by atoms with Crippen molar-refractivity contribution < 1.29 is 0 Å². The molecule has 0 amide bonds. The maximum Gasteiger partial charge on any atom is 0.0930 e. The van der Waals surface area contributed by atoms with Crippen LogP contribution in [0.4, 0.5) is 0 Å². The molecule has 4 heteroatoms. The molecular weight excluding hydrogens is 308 g/mol. The first-order valence-corrected chi connectivity index (χ1v) is 8.39. The standard InChI is InChI=1S/C21H20N4/c1-21(2,3)15-10-8-14(9-11-15)20-16(12-23-25-20)19-13-22-17-6-4-5-7-18(17)24-19/h4-13H,1-3H3,(H,23,25). The second-order valence-electron chi connectivity index (χ2n) is 7.23. The molecule has 0 aliphatic rings. The van der Waals surface area contributed by atoms with E-state index in [4.69, 9.17) is 4.98 Å². The summed E-state index contributed by atoms with van der Waals surface area (Å²) in [5, 5.41) is 7.34. The molecule has 1 N–H and O–H groups in total. The maximum atomic E-state index is 4.74. The molecule has 0 spiro atoms. The summed E-state index contributed by atoms with van der Waals surface area (Å²) in [7, 11) is 0. The number of fused-ring (bicyclic) bond motifs is 1. The molecular formula is C21H20N4. The molecule has 0 fully saturated rings. The van der Waals surface area contributed by atoms with E-state index in [0.717, 1.165) is 33.5 Å². The number of hydrogen-bond acceptors (Lipinski definition) is 3. The summed E-state index contributed by atoms with van der Waals surface area (Å²) in [6, 6.07) is 16.5. The zero-order valence-corrected chi connectivity index (χ0v) is 14.6. The summed E-state index contributed by atoms with van der Waals surface area (Å²) in [5.74, 6) is 0. The van der Waals surface area contributed by atoms with E-state index in [-0.39, 0.29) is 5.41 Å². The highest BCUT2D eigenvalue weighted by molar-refractivity contribution is 5.82. The summed E-state index contributed by atoms with van der Waals surface area (Å²) < 4.78 is 0. The van der Waals surface area contributed by atoms with E-state index in [0.29, 0.717) is 0 Å². The molecule has 4 rings (SSSR count). The maximum absolute atomic E-state index is 4.74. The van der Waals surface area contributed by atoms with Gasteiger partial charge in [0.05, 0.1) is 34.8 Å². The molecule has 0 radical (unpaired) electrons. The van der Waals surface area contributed by atoms with Crippen molar-refractivity contribution >= 4 is 11.0 Å². The van der Waals surface area contributed by atoms with Gasteiger partial charge in [0.15, 0.2) is 0 Å². The lowest BCUT2D eigenvalue weighted by molar-refractivity contribution is 0.590. The van der Waals surface area contributed by atoms with Crippen LogP contribution in [0, 0.1) is 0 Å². The van der Waals surface area contributed by atoms with Crippen molar-refractivity contribution in [3.05, 3.63) is 66.5 Å². The number of benzene rings is 2. The van der Waals surface area contributed by atoms with Crippen molar-refractivity contribution in [2.75, 3.05) is 0 Å². The minimum Gasteiger partial charge on any atom is -0.277 e. The van der Waals surface area contributed by atoms with Crippen LogP contribution in [0.1, 0.15) is 26.3 Å². The van der Waals surface area contributed by atoms with E-state index in [1.807, 2.05) is 30.5 Å². The molecule has 124 valence electrons. The zero-order valence-electron chi connectivity index (χ0n) is 14.6. The van der Waals surface area contributed by atoms with Crippen LogP contribution in [0.5, 0.6) is 0 Å². The molecule has 0 aliphatic heterocycles. The molecule has 0 atom stereocenters. The quantitative estimate of drug-likeness (QED) is 0.564. The molecule has 0 unspecified atom stereocenters. The van der Waals surface area contributed by atoms with Gasteiger partial charge in [0, 0.05) is 11.1 Å². The normalized spacial score (nSPS) is 11.8. The third kappa shape index (κ3) is 2.91. The molecule has 2 heterocycles. The molecule has 2 aromatic heterocycles. The van der Waals surface area contributed by atoms with E-state index in [2.05, 4.69) is 60.2 Å². The molecule has 25 heavy (non-hydrogen) atoms. The van der Waals surface area contributed by atoms with Gasteiger partial charge in [-0.15, -0.1) is 0 Å². The Bertz CT molecular complexity index is 1020. The number of nitrogens with zero attached hydrogens (tertiary/aromatic N) is 3. The van der Waals surface area contributed by atoms with Crippen molar-refractivity contribution in [2.45, 2.75) is 26.2 Å². The molecule has 4 aromatic rings. The minimum absolute atomic E-state index is 0.138. The van der Waals surface area contributed by atoms with Crippen LogP contribution in [-0.4, -0.2) is 20.2 Å². The summed E-state index contributed by atoms with van der Waals surface area (Å²) >= 11 is 0. The fourth-order valence-electron chi connectivity index (χ4n) is 2.92. The topological polar surface area (TPSA) is 54.5 Å². The van der Waals surface area contributed by atoms with Gasteiger partial charge < -0.3 is 0 Å². The Kier molecular flexibility index (Phi) is 3.61. The van der Waals surface area contributed by atoms with Crippen LogP contribution in [-0.2, 0) is 5.41 Å². The van der Waals surface area contributed by atoms with Gasteiger partial charge in [-0.25, -0.2) is 4.98 Å². The lowest BCUT2D eigenvalue weighted by Crippen LogP contribution is -2.10. The van der Waals surface area contributed by atoms with Crippen LogP contribution in [0.25, 0.3) is 33.5 Å². The average molecular weight is 328 g/mol. The number of H-pyrrole nitrogens is 1. The fraction of sp³-hybridized carbons (Fsp3) is 0.190. The van der Waals surface area contributed by atoms with Gasteiger partial charge in [0.2, 0.25) is 0 Å². The summed E-state index contributed by atoms with van der Waals surface area (Å²) in [4.78, 5) is 9.25. The summed E-state index contributed by atoms with van der Waals surface area (Å²) in [5.41, 5.74) is 7.06. The van der Waals surface area contributed by atoms with Gasteiger partial charge in [0.25, 0.3) is 0 Å². The Morgan fingerprint density at radius 2 is 1.56 bits per heavy atom. The average Bonchev–Trinajstić information content (AvgIpc) is 3.10. The monoisotopic (exact) mass is 328 g/mol. The van der Waals surface area contributed by atoms with Crippen LogP contribution in [0.3, 0.4) is 0 Å². The first-order valence-electron chi connectivity index (χ1n) is 8.39. The van der Waals surface area contributed by atoms with Crippen molar-refractivity contribution in [2.24, 2.45) is 0 Å². The van der Waals surface area contributed by atoms with Crippen LogP contribution in [0.2, 0.25) is 0 Å². The number of para-hydroxylation sites is 2. The van der Waals surface area contributed by atoms with Gasteiger partial charge in [0.1, 0.15) is 0 Å². The number of hydrogen-bond donors (Lipinski definition) is 1. The Labute approximate surface area is 147 Å². The van der Waals surface area contributed by atoms with Gasteiger partial charge in [-0.2, -0.15) is 5.10 Å². The van der Waals surface area contributed by atoms with E-state index in [1.54, 1.807) is 6.20 Å². The fourth-order valence-corrected chi connectivity index (χ4v) is 2.92. The van der Waals surface area contributed by atoms with E-state index in [9.17, 15) is 0 Å². The van der Waals surface area contributed by atoms with E-state index in [1.165, 1.54) is 5.56 Å².